The number of halogens is 4. The molecule has 0 radical (unpaired) electrons. The van der Waals surface area contributed by atoms with Gasteiger partial charge in [0, 0.05) is 22.5 Å². The molecule has 176 valence electrons. The summed E-state index contributed by atoms with van der Waals surface area (Å²) in [5.74, 6) is -0.628. The van der Waals surface area contributed by atoms with Crippen LogP contribution in [0.1, 0.15) is 16.7 Å². The van der Waals surface area contributed by atoms with Gasteiger partial charge in [0.25, 0.3) is 0 Å². The van der Waals surface area contributed by atoms with Crippen LogP contribution in [0.15, 0.2) is 58.7 Å². The highest BCUT2D eigenvalue weighted by Gasteiger charge is 2.43. The van der Waals surface area contributed by atoms with E-state index in [9.17, 15) is 21.6 Å². The number of nitrogens with one attached hydrogen (secondary N) is 1. The summed E-state index contributed by atoms with van der Waals surface area (Å²) in [6.45, 7) is 4.90. The van der Waals surface area contributed by atoms with Gasteiger partial charge in [0.2, 0.25) is 10.0 Å². The molecule has 1 aromatic heterocycles. The maximum atomic E-state index is 13.7. The van der Waals surface area contributed by atoms with Gasteiger partial charge in [0.15, 0.2) is 5.16 Å². The second kappa shape index (κ2) is 10.0. The molecule has 0 fully saturated rings. The van der Waals surface area contributed by atoms with Gasteiger partial charge in [-0.05, 0) is 50.1 Å². The first kappa shape index (κ1) is 25.5. The quantitative estimate of drug-likeness (QED) is 0.321. The Morgan fingerprint density at radius 2 is 1.67 bits per heavy atom. The topological polar surface area (TPSA) is 72.0 Å². The molecule has 1 unspecified atom stereocenters. The van der Waals surface area contributed by atoms with E-state index >= 15 is 0 Å². The molecule has 33 heavy (non-hydrogen) atoms. The van der Waals surface area contributed by atoms with E-state index in [1.54, 1.807) is 63.2 Å². The van der Waals surface area contributed by atoms with Crippen LogP contribution in [0.4, 0.5) is 13.2 Å². The minimum atomic E-state index is -4.81. The molecule has 0 saturated heterocycles. The number of aryl methyl sites for hydroxylation is 3. The third kappa shape index (κ3) is 6.47. The van der Waals surface area contributed by atoms with Crippen molar-refractivity contribution in [2.75, 3.05) is 5.75 Å². The number of alkyl halides is 3. The average molecular weight is 516 g/mol. The van der Waals surface area contributed by atoms with Crippen LogP contribution >= 0.6 is 23.4 Å². The maximum Gasteiger partial charge on any atom is 0.405 e. The van der Waals surface area contributed by atoms with E-state index in [-0.39, 0.29) is 10.1 Å². The maximum absolute atomic E-state index is 13.7. The molecule has 0 amide bonds. The minimum absolute atomic E-state index is 0.0959. The SMILES string of the molecule is Cc1cc(C)c(S(=O)(=O)NC(CSc2nccc(-c3ccc(Cl)cc3)n2)C(F)(F)F)c(C)c1. The first-order chi connectivity index (χ1) is 15.4. The Morgan fingerprint density at radius 3 is 2.24 bits per heavy atom. The summed E-state index contributed by atoms with van der Waals surface area (Å²) in [4.78, 5) is 8.15. The number of benzene rings is 2. The summed E-state index contributed by atoms with van der Waals surface area (Å²) < 4.78 is 68.7. The highest BCUT2D eigenvalue weighted by Crippen LogP contribution is 2.29. The van der Waals surface area contributed by atoms with Crippen LogP contribution in [0.2, 0.25) is 5.02 Å². The molecule has 0 spiro atoms. The lowest BCUT2D eigenvalue weighted by Crippen LogP contribution is -2.47. The zero-order valence-electron chi connectivity index (χ0n) is 17.9. The fourth-order valence-electron chi connectivity index (χ4n) is 3.38. The van der Waals surface area contributed by atoms with Crippen molar-refractivity contribution in [2.24, 2.45) is 0 Å². The fourth-order valence-corrected chi connectivity index (χ4v) is 6.17. The Balaban J connectivity index is 1.82. The van der Waals surface area contributed by atoms with E-state index in [0.717, 1.165) is 22.9 Å². The number of sulfonamides is 1. The molecule has 0 aliphatic carbocycles. The monoisotopic (exact) mass is 515 g/mol. The predicted octanol–water partition coefficient (Wildman–Crippen LogP) is 5.72. The molecular weight excluding hydrogens is 495 g/mol. The van der Waals surface area contributed by atoms with E-state index in [4.69, 9.17) is 11.6 Å². The van der Waals surface area contributed by atoms with E-state index in [1.807, 2.05) is 4.72 Å². The zero-order chi connectivity index (χ0) is 24.4. The molecule has 0 bridgehead atoms. The first-order valence-corrected chi connectivity index (χ1v) is 12.6. The Bertz CT molecular complexity index is 1230. The number of thioether (sulfide) groups is 1. The first-order valence-electron chi connectivity index (χ1n) is 9.75. The standard InChI is InChI=1S/C22H21ClF3N3O2S2/c1-13-10-14(2)20(15(3)11-13)33(30,31)29-19(22(24,25)26)12-32-21-27-9-8-18(28-21)16-4-6-17(23)7-5-16/h4-11,19,29H,12H2,1-3H3. The number of rotatable bonds is 7. The minimum Gasteiger partial charge on any atom is -0.231 e. The second-order valence-electron chi connectivity index (χ2n) is 7.49. The van der Waals surface area contributed by atoms with E-state index in [2.05, 4.69) is 9.97 Å². The Labute approximate surface area is 199 Å². The molecule has 3 aromatic rings. The molecule has 1 heterocycles. The Kier molecular flexibility index (Phi) is 7.73. The van der Waals surface area contributed by atoms with E-state index in [1.165, 1.54) is 6.20 Å². The van der Waals surface area contributed by atoms with Crippen molar-refractivity contribution < 1.29 is 21.6 Å². The molecule has 3 rings (SSSR count). The van der Waals surface area contributed by atoms with Gasteiger partial charge in [-0.1, -0.05) is 53.2 Å². The normalized spacial score (nSPS) is 13.2. The summed E-state index contributed by atoms with van der Waals surface area (Å²) in [6, 6.07) is 9.36. The van der Waals surface area contributed by atoms with Gasteiger partial charge in [-0.15, -0.1) is 0 Å². The summed E-state index contributed by atoms with van der Waals surface area (Å²) in [5.41, 5.74) is 2.83. The van der Waals surface area contributed by atoms with Gasteiger partial charge < -0.3 is 0 Å². The molecule has 11 heteroatoms. The Morgan fingerprint density at radius 1 is 1.06 bits per heavy atom. The van der Waals surface area contributed by atoms with Crippen LogP contribution in [-0.2, 0) is 10.0 Å². The van der Waals surface area contributed by atoms with Gasteiger partial charge in [-0.3, -0.25) is 0 Å². The van der Waals surface area contributed by atoms with Crippen molar-refractivity contribution in [3.63, 3.8) is 0 Å². The van der Waals surface area contributed by atoms with Crippen LogP contribution in [0.3, 0.4) is 0 Å². The van der Waals surface area contributed by atoms with E-state index < -0.39 is 28.0 Å². The highest BCUT2D eigenvalue weighted by atomic mass is 35.5. The van der Waals surface area contributed by atoms with Gasteiger partial charge >= 0.3 is 6.18 Å². The lowest BCUT2D eigenvalue weighted by molar-refractivity contribution is -0.145. The number of nitrogens with zero attached hydrogens (tertiary/aromatic N) is 2. The summed E-state index contributed by atoms with van der Waals surface area (Å²) in [7, 11) is -4.42. The van der Waals surface area contributed by atoms with Crippen molar-refractivity contribution in [2.45, 2.75) is 43.0 Å². The molecule has 0 aliphatic heterocycles. The van der Waals surface area contributed by atoms with Crippen molar-refractivity contribution >= 4 is 33.4 Å². The summed E-state index contributed by atoms with van der Waals surface area (Å²) in [5, 5.41) is 0.639. The Hall–Kier alpha value is -2.14. The van der Waals surface area contributed by atoms with Crippen molar-refractivity contribution in [3.8, 4) is 11.3 Å². The van der Waals surface area contributed by atoms with Crippen LogP contribution < -0.4 is 4.72 Å². The summed E-state index contributed by atoms with van der Waals surface area (Å²) in [6.07, 6.45) is -3.37. The highest BCUT2D eigenvalue weighted by molar-refractivity contribution is 7.99. The molecule has 1 atom stereocenters. The fraction of sp³-hybridized carbons (Fsp3) is 0.273. The van der Waals surface area contributed by atoms with Crippen molar-refractivity contribution in [1.82, 2.24) is 14.7 Å². The van der Waals surface area contributed by atoms with Gasteiger partial charge in [0.05, 0.1) is 10.6 Å². The van der Waals surface area contributed by atoms with Gasteiger partial charge in [-0.2, -0.15) is 17.9 Å². The second-order valence-corrected chi connectivity index (χ2v) is 10.6. The van der Waals surface area contributed by atoms with E-state index in [0.29, 0.717) is 21.8 Å². The molecule has 0 saturated carbocycles. The molecule has 5 nitrogen and oxygen atoms in total. The largest absolute Gasteiger partial charge is 0.405 e. The summed E-state index contributed by atoms with van der Waals surface area (Å²) >= 11 is 6.60. The predicted molar refractivity (Wildman–Crippen MR) is 124 cm³/mol. The van der Waals surface area contributed by atoms with Crippen molar-refractivity contribution in [3.05, 3.63) is 70.4 Å². The molecule has 2 aromatic carbocycles. The van der Waals surface area contributed by atoms with Crippen molar-refractivity contribution in [1.29, 1.82) is 0 Å². The lowest BCUT2D eigenvalue weighted by Gasteiger charge is -2.22. The zero-order valence-corrected chi connectivity index (χ0v) is 20.3. The third-order valence-electron chi connectivity index (χ3n) is 4.72. The average Bonchev–Trinajstić information content (AvgIpc) is 2.70. The van der Waals surface area contributed by atoms with Gasteiger partial charge in [-0.25, -0.2) is 18.4 Å². The number of hydrogen-bond donors (Lipinski definition) is 1. The smallest absolute Gasteiger partial charge is 0.231 e. The molecule has 1 N–H and O–H groups in total. The molecule has 0 aliphatic rings. The molecular formula is C22H21ClF3N3O2S2. The van der Waals surface area contributed by atoms with Crippen LogP contribution in [-0.4, -0.2) is 36.4 Å². The number of aromatic nitrogens is 2. The lowest BCUT2D eigenvalue weighted by atomic mass is 10.1. The van der Waals surface area contributed by atoms with Gasteiger partial charge in [0.1, 0.15) is 6.04 Å². The van der Waals surface area contributed by atoms with Crippen LogP contribution in [0.5, 0.6) is 0 Å². The number of hydrogen-bond acceptors (Lipinski definition) is 5. The third-order valence-corrected chi connectivity index (χ3v) is 7.70. The van der Waals surface area contributed by atoms with Crippen LogP contribution in [0.25, 0.3) is 11.3 Å². The van der Waals surface area contributed by atoms with Crippen LogP contribution in [0, 0.1) is 20.8 Å².